The number of rotatable bonds is 3. The molecule has 0 radical (unpaired) electrons. The number of hydrogen-bond acceptors (Lipinski definition) is 3. The van der Waals surface area contributed by atoms with Crippen molar-refractivity contribution in [2.24, 2.45) is 0 Å². The van der Waals surface area contributed by atoms with Crippen LogP contribution in [-0.2, 0) is 13.0 Å². The van der Waals surface area contributed by atoms with E-state index in [1.807, 2.05) is 12.1 Å². The van der Waals surface area contributed by atoms with Crippen LogP contribution in [0.5, 0.6) is 0 Å². The molecule has 0 spiro atoms. The molecule has 3 rings (SSSR count). The Morgan fingerprint density at radius 2 is 2.13 bits per heavy atom. The number of hydrogen-bond donors (Lipinski definition) is 1. The molecule has 2 heterocycles. The van der Waals surface area contributed by atoms with Gasteiger partial charge in [-0.1, -0.05) is 18.5 Å². The molecule has 0 aliphatic carbocycles. The summed E-state index contributed by atoms with van der Waals surface area (Å²) in [5.74, 6) is 0. The van der Waals surface area contributed by atoms with Crippen molar-refractivity contribution in [2.75, 3.05) is 30.4 Å². The second kappa shape index (κ2) is 6.91. The van der Waals surface area contributed by atoms with Crippen molar-refractivity contribution in [3.63, 3.8) is 0 Å². The maximum Gasteiger partial charge on any atom is 0.326 e. The molecule has 6 heteroatoms. The van der Waals surface area contributed by atoms with Crippen LogP contribution in [0.1, 0.15) is 17.4 Å². The first kappa shape index (κ1) is 16.3. The summed E-state index contributed by atoms with van der Waals surface area (Å²) in [4.78, 5) is 17.8. The Hall–Kier alpha value is -1.56. The summed E-state index contributed by atoms with van der Waals surface area (Å²) >= 11 is 7.56. The van der Waals surface area contributed by atoms with Crippen molar-refractivity contribution in [3.05, 3.63) is 45.8 Å². The van der Waals surface area contributed by atoms with Crippen LogP contribution in [0.15, 0.2) is 30.3 Å². The number of amides is 2. The number of nitrogens with one attached hydrogen (secondary N) is 1. The van der Waals surface area contributed by atoms with E-state index in [9.17, 15) is 4.79 Å². The number of carbonyl (C=O) groups is 1. The van der Waals surface area contributed by atoms with Gasteiger partial charge in [-0.3, -0.25) is 15.1 Å². The second-order valence-corrected chi connectivity index (χ2v) is 7.22. The molecule has 1 aliphatic rings. The molecule has 1 N–H and O–H groups in total. The molecule has 1 aromatic heterocycles. The maximum atomic E-state index is 12.4. The lowest BCUT2D eigenvalue weighted by atomic mass is 10.1. The number of thiophene rings is 1. The standard InChI is InChI=1S/C17H20ClN3OS/c1-3-21-9-8-12-10-16(23-15(12)11-21)19-17(22)20(2)14-6-4-13(18)5-7-14/h4-7,10H,3,8-9,11H2,1-2H3,(H,19,22). The lowest BCUT2D eigenvalue weighted by Gasteiger charge is -2.24. The van der Waals surface area contributed by atoms with Crippen LogP contribution in [0, 0.1) is 0 Å². The maximum absolute atomic E-state index is 12.4. The van der Waals surface area contributed by atoms with Crippen LogP contribution in [0.4, 0.5) is 15.5 Å². The molecule has 23 heavy (non-hydrogen) atoms. The molecular weight excluding hydrogens is 330 g/mol. The fourth-order valence-corrected chi connectivity index (χ4v) is 3.95. The first-order valence-electron chi connectivity index (χ1n) is 7.71. The molecule has 0 bridgehead atoms. The van der Waals surface area contributed by atoms with Crippen LogP contribution in [0.25, 0.3) is 0 Å². The summed E-state index contributed by atoms with van der Waals surface area (Å²) in [5, 5.41) is 4.58. The van der Waals surface area contributed by atoms with Crippen LogP contribution >= 0.6 is 22.9 Å². The number of nitrogens with zero attached hydrogens (tertiary/aromatic N) is 2. The predicted octanol–water partition coefficient (Wildman–Crippen LogP) is 4.45. The molecule has 0 unspecified atom stereocenters. The van der Waals surface area contributed by atoms with Gasteiger partial charge in [-0.15, -0.1) is 11.3 Å². The quantitative estimate of drug-likeness (QED) is 0.888. The minimum Gasteiger partial charge on any atom is -0.299 e. The van der Waals surface area contributed by atoms with E-state index in [1.54, 1.807) is 35.4 Å². The second-order valence-electron chi connectivity index (χ2n) is 5.64. The molecule has 0 saturated carbocycles. The van der Waals surface area contributed by atoms with Gasteiger partial charge in [0, 0.05) is 35.7 Å². The Bertz CT molecular complexity index is 698. The van der Waals surface area contributed by atoms with Crippen molar-refractivity contribution in [1.29, 1.82) is 0 Å². The Morgan fingerprint density at radius 3 is 2.83 bits per heavy atom. The first-order valence-corrected chi connectivity index (χ1v) is 8.90. The van der Waals surface area contributed by atoms with Gasteiger partial charge in [-0.2, -0.15) is 0 Å². The Labute approximate surface area is 145 Å². The molecule has 2 aromatic rings. The van der Waals surface area contributed by atoms with Gasteiger partial charge in [-0.05, 0) is 48.9 Å². The van der Waals surface area contributed by atoms with Crippen LogP contribution in [-0.4, -0.2) is 31.1 Å². The van der Waals surface area contributed by atoms with Gasteiger partial charge < -0.3 is 0 Å². The van der Waals surface area contributed by atoms with Gasteiger partial charge >= 0.3 is 6.03 Å². The van der Waals surface area contributed by atoms with E-state index in [-0.39, 0.29) is 6.03 Å². The number of anilines is 2. The summed E-state index contributed by atoms with van der Waals surface area (Å²) in [6.45, 7) is 5.33. The molecule has 1 aromatic carbocycles. The third-order valence-electron chi connectivity index (χ3n) is 4.16. The monoisotopic (exact) mass is 349 g/mol. The highest BCUT2D eigenvalue weighted by molar-refractivity contribution is 7.16. The van der Waals surface area contributed by atoms with Crippen molar-refractivity contribution in [3.8, 4) is 0 Å². The van der Waals surface area contributed by atoms with E-state index in [2.05, 4.69) is 23.2 Å². The number of urea groups is 1. The third kappa shape index (κ3) is 3.68. The topological polar surface area (TPSA) is 35.6 Å². The van der Waals surface area contributed by atoms with Gasteiger partial charge in [0.05, 0.1) is 5.00 Å². The highest BCUT2D eigenvalue weighted by Crippen LogP contribution is 2.32. The van der Waals surface area contributed by atoms with Crippen molar-refractivity contribution in [1.82, 2.24) is 4.90 Å². The van der Waals surface area contributed by atoms with Crippen LogP contribution < -0.4 is 10.2 Å². The molecule has 0 atom stereocenters. The number of benzene rings is 1. The van der Waals surface area contributed by atoms with E-state index in [0.717, 1.165) is 36.7 Å². The Morgan fingerprint density at radius 1 is 1.39 bits per heavy atom. The van der Waals surface area contributed by atoms with Crippen molar-refractivity contribution < 1.29 is 4.79 Å². The van der Waals surface area contributed by atoms with Crippen LogP contribution in [0.2, 0.25) is 5.02 Å². The van der Waals surface area contributed by atoms with E-state index in [0.29, 0.717) is 5.02 Å². The normalized spacial score (nSPS) is 14.4. The smallest absolute Gasteiger partial charge is 0.299 e. The van der Waals surface area contributed by atoms with E-state index < -0.39 is 0 Å². The fraction of sp³-hybridized carbons (Fsp3) is 0.353. The largest absolute Gasteiger partial charge is 0.326 e. The zero-order valence-corrected chi connectivity index (χ0v) is 14.9. The Kier molecular flexibility index (Phi) is 4.90. The summed E-state index contributed by atoms with van der Waals surface area (Å²) < 4.78 is 0. The zero-order valence-electron chi connectivity index (χ0n) is 13.3. The van der Waals surface area contributed by atoms with Crippen molar-refractivity contribution >= 4 is 39.7 Å². The third-order valence-corrected chi connectivity index (χ3v) is 5.49. The molecule has 4 nitrogen and oxygen atoms in total. The number of halogens is 1. The molecule has 0 saturated heterocycles. The number of carbonyl (C=O) groups excluding carboxylic acids is 1. The predicted molar refractivity (Wildman–Crippen MR) is 97.8 cm³/mol. The van der Waals surface area contributed by atoms with Gasteiger partial charge in [0.2, 0.25) is 0 Å². The van der Waals surface area contributed by atoms with Gasteiger partial charge in [0.15, 0.2) is 0 Å². The van der Waals surface area contributed by atoms with Gasteiger partial charge in [0.25, 0.3) is 0 Å². The average Bonchev–Trinajstić information content (AvgIpc) is 2.95. The van der Waals surface area contributed by atoms with Crippen LogP contribution in [0.3, 0.4) is 0 Å². The molecule has 2 amide bonds. The Balaban J connectivity index is 1.68. The lowest BCUT2D eigenvalue weighted by Crippen LogP contribution is -2.30. The van der Waals surface area contributed by atoms with E-state index in [1.165, 1.54) is 10.4 Å². The molecule has 0 fully saturated rings. The number of likely N-dealkylation sites (N-methyl/N-ethyl adjacent to an activating group) is 1. The highest BCUT2D eigenvalue weighted by Gasteiger charge is 2.19. The zero-order chi connectivity index (χ0) is 16.4. The van der Waals surface area contributed by atoms with Gasteiger partial charge in [0.1, 0.15) is 0 Å². The average molecular weight is 350 g/mol. The summed E-state index contributed by atoms with van der Waals surface area (Å²) in [6.07, 6.45) is 1.06. The summed E-state index contributed by atoms with van der Waals surface area (Å²) in [7, 11) is 1.75. The minimum atomic E-state index is -0.140. The molecule has 1 aliphatic heterocycles. The van der Waals surface area contributed by atoms with Crippen molar-refractivity contribution in [2.45, 2.75) is 19.9 Å². The minimum absolute atomic E-state index is 0.140. The molecular formula is C17H20ClN3OS. The van der Waals surface area contributed by atoms with E-state index in [4.69, 9.17) is 11.6 Å². The highest BCUT2D eigenvalue weighted by atomic mass is 35.5. The van der Waals surface area contributed by atoms with Gasteiger partial charge in [-0.25, -0.2) is 4.79 Å². The lowest BCUT2D eigenvalue weighted by molar-refractivity contribution is 0.258. The fourth-order valence-electron chi connectivity index (χ4n) is 2.68. The number of fused-ring (bicyclic) bond motifs is 1. The van der Waals surface area contributed by atoms with E-state index >= 15 is 0 Å². The SMILES string of the molecule is CCN1CCc2cc(NC(=O)N(C)c3ccc(Cl)cc3)sc2C1. The first-order chi connectivity index (χ1) is 11.1. The molecule has 122 valence electrons. The summed E-state index contributed by atoms with van der Waals surface area (Å²) in [5.41, 5.74) is 2.18. The summed E-state index contributed by atoms with van der Waals surface area (Å²) in [6, 6.07) is 9.20.